The Bertz CT molecular complexity index is 790. The number of anilines is 1. The van der Waals surface area contributed by atoms with Crippen molar-refractivity contribution in [2.24, 2.45) is 0 Å². The highest BCUT2D eigenvalue weighted by atomic mass is 16.7. The molecular formula is C22H27NO5. The summed E-state index contributed by atoms with van der Waals surface area (Å²) in [5.41, 5.74) is 3.05. The van der Waals surface area contributed by atoms with Gasteiger partial charge in [-0.3, -0.25) is 0 Å². The molecule has 1 aliphatic heterocycles. The van der Waals surface area contributed by atoms with Crippen LogP contribution in [-0.2, 0) is 4.74 Å². The lowest BCUT2D eigenvalue weighted by molar-refractivity contribution is -0.184. The van der Waals surface area contributed by atoms with Crippen LogP contribution in [0.4, 0.5) is 5.69 Å². The van der Waals surface area contributed by atoms with Crippen LogP contribution in [0, 0.1) is 0 Å². The van der Waals surface area contributed by atoms with Crippen molar-refractivity contribution in [2.45, 2.75) is 38.3 Å². The van der Waals surface area contributed by atoms with E-state index in [0.717, 1.165) is 22.6 Å². The van der Waals surface area contributed by atoms with Gasteiger partial charge in [0, 0.05) is 30.8 Å². The van der Waals surface area contributed by atoms with E-state index in [0.29, 0.717) is 18.6 Å². The molecule has 0 amide bonds. The summed E-state index contributed by atoms with van der Waals surface area (Å²) in [7, 11) is 1.65. The second-order valence-electron chi connectivity index (χ2n) is 6.84. The summed E-state index contributed by atoms with van der Waals surface area (Å²) in [4.78, 5) is 0. The van der Waals surface area contributed by atoms with Crippen molar-refractivity contribution in [3.8, 4) is 11.5 Å². The lowest BCUT2D eigenvalue weighted by atomic mass is 10.1. The number of hydrogen-bond donors (Lipinski definition) is 3. The Morgan fingerprint density at radius 3 is 2.68 bits per heavy atom. The summed E-state index contributed by atoms with van der Waals surface area (Å²) in [5, 5.41) is 22.4. The highest BCUT2D eigenvalue weighted by Gasteiger charge is 2.29. The highest BCUT2D eigenvalue weighted by molar-refractivity contribution is 5.67. The number of rotatable bonds is 7. The fraction of sp³-hybridized carbons (Fsp3) is 0.364. The molecule has 0 bridgehead atoms. The third-order valence-corrected chi connectivity index (χ3v) is 4.65. The number of hydrogen-bond acceptors (Lipinski definition) is 6. The maximum absolute atomic E-state index is 9.90. The molecule has 0 spiro atoms. The molecule has 6 heteroatoms. The van der Waals surface area contributed by atoms with Crippen LogP contribution in [0.5, 0.6) is 11.5 Å². The van der Waals surface area contributed by atoms with Gasteiger partial charge in [0.05, 0.1) is 25.9 Å². The largest absolute Gasteiger partial charge is 0.497 e. The number of benzene rings is 2. The predicted octanol–water partition coefficient (Wildman–Crippen LogP) is 3.41. The number of methoxy groups -OCH3 is 1. The molecule has 1 heterocycles. The standard InChI is InChI=1S/C22H27NO5/c1-15(16-6-8-19(26-2)9-7-16)13-23-17-4-3-5-20(10-17)27-22-12-18(25)11-21(14-24)28-22/h3-10,13,18,21-25H,11-12,14H2,1-2H3/b15-13+. The fourth-order valence-electron chi connectivity index (χ4n) is 3.08. The maximum atomic E-state index is 9.90. The van der Waals surface area contributed by atoms with E-state index in [4.69, 9.17) is 14.2 Å². The fourth-order valence-corrected chi connectivity index (χ4v) is 3.08. The third kappa shape index (κ3) is 5.48. The monoisotopic (exact) mass is 385 g/mol. The Morgan fingerprint density at radius 2 is 1.96 bits per heavy atom. The summed E-state index contributed by atoms with van der Waals surface area (Å²) in [6, 6.07) is 15.4. The van der Waals surface area contributed by atoms with E-state index >= 15 is 0 Å². The molecule has 0 aromatic heterocycles. The molecule has 0 aliphatic carbocycles. The maximum Gasteiger partial charge on any atom is 0.202 e. The van der Waals surface area contributed by atoms with Crippen LogP contribution in [0.3, 0.4) is 0 Å². The van der Waals surface area contributed by atoms with Crippen molar-refractivity contribution in [1.29, 1.82) is 0 Å². The van der Waals surface area contributed by atoms with Crippen molar-refractivity contribution in [3.63, 3.8) is 0 Å². The van der Waals surface area contributed by atoms with E-state index in [1.165, 1.54) is 0 Å². The number of aliphatic hydroxyl groups is 2. The zero-order valence-corrected chi connectivity index (χ0v) is 16.2. The number of ether oxygens (including phenoxy) is 3. The van der Waals surface area contributed by atoms with Gasteiger partial charge in [0.15, 0.2) is 0 Å². The Labute approximate surface area is 165 Å². The van der Waals surface area contributed by atoms with Gasteiger partial charge >= 0.3 is 0 Å². The van der Waals surface area contributed by atoms with Crippen molar-refractivity contribution < 1.29 is 24.4 Å². The van der Waals surface area contributed by atoms with E-state index in [-0.39, 0.29) is 6.61 Å². The molecule has 150 valence electrons. The first-order valence-electron chi connectivity index (χ1n) is 9.36. The molecule has 3 rings (SSSR count). The zero-order chi connectivity index (χ0) is 19.9. The molecule has 3 unspecified atom stereocenters. The van der Waals surface area contributed by atoms with Gasteiger partial charge in [-0.2, -0.15) is 0 Å². The Morgan fingerprint density at radius 1 is 1.18 bits per heavy atom. The first kappa shape index (κ1) is 20.2. The first-order valence-corrected chi connectivity index (χ1v) is 9.36. The van der Waals surface area contributed by atoms with Gasteiger partial charge in [-0.25, -0.2) is 0 Å². The average Bonchev–Trinajstić information content (AvgIpc) is 2.72. The van der Waals surface area contributed by atoms with Gasteiger partial charge in [-0.05, 0) is 42.3 Å². The van der Waals surface area contributed by atoms with Gasteiger partial charge in [-0.1, -0.05) is 18.2 Å². The van der Waals surface area contributed by atoms with Crippen LogP contribution in [0.2, 0.25) is 0 Å². The van der Waals surface area contributed by atoms with Crippen LogP contribution in [-0.4, -0.2) is 42.4 Å². The van der Waals surface area contributed by atoms with Gasteiger partial charge in [0.2, 0.25) is 6.29 Å². The lowest BCUT2D eigenvalue weighted by Gasteiger charge is -2.32. The molecule has 28 heavy (non-hydrogen) atoms. The SMILES string of the molecule is COc1ccc(/C(C)=C/Nc2cccc(OC3CC(O)CC(CO)O3)c2)cc1. The summed E-state index contributed by atoms with van der Waals surface area (Å²) in [6.45, 7) is 1.90. The Balaban J connectivity index is 1.62. The second-order valence-corrected chi connectivity index (χ2v) is 6.84. The number of aliphatic hydroxyl groups excluding tert-OH is 2. The zero-order valence-electron chi connectivity index (χ0n) is 16.2. The van der Waals surface area contributed by atoms with Crippen molar-refractivity contribution in [3.05, 3.63) is 60.3 Å². The van der Waals surface area contributed by atoms with Crippen molar-refractivity contribution in [1.82, 2.24) is 0 Å². The van der Waals surface area contributed by atoms with Crippen LogP contribution >= 0.6 is 0 Å². The van der Waals surface area contributed by atoms with Gasteiger partial charge in [0.1, 0.15) is 11.5 Å². The molecule has 1 aliphatic rings. The Kier molecular flexibility index (Phi) is 6.92. The van der Waals surface area contributed by atoms with Crippen LogP contribution in [0.25, 0.3) is 5.57 Å². The summed E-state index contributed by atoms with van der Waals surface area (Å²) >= 11 is 0. The van der Waals surface area contributed by atoms with Crippen LogP contribution in [0.15, 0.2) is 54.7 Å². The number of nitrogens with one attached hydrogen (secondary N) is 1. The average molecular weight is 385 g/mol. The van der Waals surface area contributed by atoms with Gasteiger partial charge in [-0.15, -0.1) is 0 Å². The smallest absolute Gasteiger partial charge is 0.202 e. The minimum atomic E-state index is -0.576. The summed E-state index contributed by atoms with van der Waals surface area (Å²) in [6.07, 6.45) is 1.23. The number of allylic oxidation sites excluding steroid dienone is 1. The van der Waals surface area contributed by atoms with Crippen molar-refractivity contribution in [2.75, 3.05) is 19.0 Å². The summed E-state index contributed by atoms with van der Waals surface area (Å²) in [5.74, 6) is 1.46. The Hall–Kier alpha value is -2.54. The first-order chi connectivity index (χ1) is 13.6. The lowest BCUT2D eigenvalue weighted by Crippen LogP contribution is -2.40. The quantitative estimate of drug-likeness (QED) is 0.678. The molecular weight excluding hydrogens is 358 g/mol. The van der Waals surface area contributed by atoms with E-state index < -0.39 is 18.5 Å². The normalized spacial score (nSPS) is 22.6. The summed E-state index contributed by atoms with van der Waals surface area (Å²) < 4.78 is 16.7. The molecule has 1 saturated heterocycles. The molecule has 3 atom stereocenters. The van der Waals surface area contributed by atoms with E-state index in [2.05, 4.69) is 5.32 Å². The van der Waals surface area contributed by atoms with Crippen LogP contribution < -0.4 is 14.8 Å². The van der Waals surface area contributed by atoms with Gasteiger partial charge < -0.3 is 29.7 Å². The molecule has 6 nitrogen and oxygen atoms in total. The minimum absolute atomic E-state index is 0.131. The van der Waals surface area contributed by atoms with E-state index in [1.807, 2.05) is 61.7 Å². The molecule has 1 fully saturated rings. The minimum Gasteiger partial charge on any atom is -0.497 e. The second kappa shape index (κ2) is 9.59. The molecule has 3 N–H and O–H groups in total. The molecule has 2 aromatic rings. The topological polar surface area (TPSA) is 80.2 Å². The molecule has 0 saturated carbocycles. The van der Waals surface area contributed by atoms with Crippen LogP contribution in [0.1, 0.15) is 25.3 Å². The van der Waals surface area contributed by atoms with Gasteiger partial charge in [0.25, 0.3) is 0 Å². The van der Waals surface area contributed by atoms with E-state index in [1.54, 1.807) is 7.11 Å². The molecule has 2 aromatic carbocycles. The predicted molar refractivity (Wildman–Crippen MR) is 108 cm³/mol. The van der Waals surface area contributed by atoms with Crippen molar-refractivity contribution >= 4 is 11.3 Å². The highest BCUT2D eigenvalue weighted by Crippen LogP contribution is 2.25. The third-order valence-electron chi connectivity index (χ3n) is 4.65. The molecule has 0 radical (unpaired) electrons. The van der Waals surface area contributed by atoms with E-state index in [9.17, 15) is 10.2 Å².